The van der Waals surface area contributed by atoms with E-state index in [1.165, 1.54) is 32.5 Å². The monoisotopic (exact) mass is 214 g/mol. The zero-order valence-electron chi connectivity index (χ0n) is 10.5. The van der Waals surface area contributed by atoms with Crippen LogP contribution < -0.4 is 5.32 Å². The van der Waals surface area contributed by atoms with E-state index in [0.29, 0.717) is 12.1 Å². The van der Waals surface area contributed by atoms with Gasteiger partial charge in [-0.2, -0.15) is 0 Å². The number of hydrogen-bond acceptors (Lipinski definition) is 3. The first kappa shape index (κ1) is 12.9. The number of ether oxygens (including phenoxy) is 1. The SMILES string of the molecule is CCN1CCC(OCCNC(C)C)CC1. The lowest BCUT2D eigenvalue weighted by atomic mass is 10.1. The zero-order valence-corrected chi connectivity index (χ0v) is 10.5. The van der Waals surface area contributed by atoms with Crippen LogP contribution in [0.4, 0.5) is 0 Å². The van der Waals surface area contributed by atoms with Crippen molar-refractivity contribution in [1.29, 1.82) is 0 Å². The van der Waals surface area contributed by atoms with Crippen molar-refractivity contribution in [2.45, 2.75) is 45.8 Å². The lowest BCUT2D eigenvalue weighted by Crippen LogP contribution is -2.37. The standard InChI is InChI=1S/C12H26N2O/c1-4-14-8-5-12(6-9-14)15-10-7-13-11(2)3/h11-13H,4-10H2,1-3H3. The topological polar surface area (TPSA) is 24.5 Å². The minimum Gasteiger partial charge on any atom is -0.377 e. The van der Waals surface area contributed by atoms with Crippen LogP contribution in [0, 0.1) is 0 Å². The molecule has 1 N–H and O–H groups in total. The van der Waals surface area contributed by atoms with Crippen molar-refractivity contribution < 1.29 is 4.74 Å². The molecular formula is C12H26N2O. The Balaban J connectivity index is 1.99. The highest BCUT2D eigenvalue weighted by Crippen LogP contribution is 2.12. The fraction of sp³-hybridized carbons (Fsp3) is 1.00. The van der Waals surface area contributed by atoms with E-state index in [0.717, 1.165) is 13.2 Å². The summed E-state index contributed by atoms with van der Waals surface area (Å²) in [4.78, 5) is 2.49. The molecule has 0 radical (unpaired) electrons. The van der Waals surface area contributed by atoms with Crippen molar-refractivity contribution in [3.8, 4) is 0 Å². The summed E-state index contributed by atoms with van der Waals surface area (Å²) in [6.07, 6.45) is 2.91. The van der Waals surface area contributed by atoms with E-state index >= 15 is 0 Å². The lowest BCUT2D eigenvalue weighted by molar-refractivity contribution is 0.00980. The van der Waals surface area contributed by atoms with Crippen LogP contribution in [-0.4, -0.2) is 49.8 Å². The van der Waals surface area contributed by atoms with Crippen molar-refractivity contribution in [3.05, 3.63) is 0 Å². The molecule has 3 heteroatoms. The van der Waals surface area contributed by atoms with Crippen LogP contribution in [0.2, 0.25) is 0 Å². The summed E-state index contributed by atoms with van der Waals surface area (Å²) < 4.78 is 5.84. The van der Waals surface area contributed by atoms with E-state index in [9.17, 15) is 0 Å². The first-order valence-corrected chi connectivity index (χ1v) is 6.29. The van der Waals surface area contributed by atoms with Gasteiger partial charge in [0.2, 0.25) is 0 Å². The van der Waals surface area contributed by atoms with Crippen molar-refractivity contribution >= 4 is 0 Å². The van der Waals surface area contributed by atoms with Crippen molar-refractivity contribution in [3.63, 3.8) is 0 Å². The molecule has 0 spiro atoms. The highest BCUT2D eigenvalue weighted by molar-refractivity contribution is 4.71. The van der Waals surface area contributed by atoms with Crippen molar-refractivity contribution in [1.82, 2.24) is 10.2 Å². The van der Waals surface area contributed by atoms with Gasteiger partial charge in [0.05, 0.1) is 12.7 Å². The van der Waals surface area contributed by atoms with Gasteiger partial charge in [-0.1, -0.05) is 20.8 Å². The molecular weight excluding hydrogens is 188 g/mol. The third kappa shape index (κ3) is 5.50. The van der Waals surface area contributed by atoms with Gasteiger partial charge in [-0.3, -0.25) is 0 Å². The van der Waals surface area contributed by atoms with Gasteiger partial charge < -0.3 is 15.0 Å². The molecule has 0 bridgehead atoms. The molecule has 0 unspecified atom stereocenters. The highest BCUT2D eigenvalue weighted by atomic mass is 16.5. The van der Waals surface area contributed by atoms with Gasteiger partial charge in [0, 0.05) is 25.7 Å². The molecule has 1 rings (SSSR count). The van der Waals surface area contributed by atoms with Crippen LogP contribution in [0.5, 0.6) is 0 Å². The average molecular weight is 214 g/mol. The molecule has 0 aromatic carbocycles. The summed E-state index contributed by atoms with van der Waals surface area (Å²) in [7, 11) is 0. The van der Waals surface area contributed by atoms with Gasteiger partial charge in [0.25, 0.3) is 0 Å². The normalized spacial score (nSPS) is 20.0. The number of hydrogen-bond donors (Lipinski definition) is 1. The second-order valence-corrected chi connectivity index (χ2v) is 4.61. The second kappa shape index (κ2) is 7.20. The van der Waals surface area contributed by atoms with E-state index in [1.807, 2.05) is 0 Å². The second-order valence-electron chi connectivity index (χ2n) is 4.61. The summed E-state index contributed by atoms with van der Waals surface area (Å²) >= 11 is 0. The Morgan fingerprint density at radius 3 is 2.53 bits per heavy atom. The maximum atomic E-state index is 5.84. The van der Waals surface area contributed by atoms with Crippen molar-refractivity contribution in [2.75, 3.05) is 32.8 Å². The largest absolute Gasteiger partial charge is 0.377 e. The molecule has 0 amide bonds. The summed E-state index contributed by atoms with van der Waals surface area (Å²) in [6, 6.07) is 0.565. The molecule has 0 saturated carbocycles. The number of nitrogens with one attached hydrogen (secondary N) is 1. The first-order valence-electron chi connectivity index (χ1n) is 6.29. The number of likely N-dealkylation sites (tertiary alicyclic amines) is 1. The summed E-state index contributed by atoms with van der Waals surface area (Å²) in [5.41, 5.74) is 0. The van der Waals surface area contributed by atoms with Gasteiger partial charge in [-0.05, 0) is 19.4 Å². The van der Waals surface area contributed by atoms with E-state index in [4.69, 9.17) is 4.74 Å². The van der Waals surface area contributed by atoms with Crippen LogP contribution in [-0.2, 0) is 4.74 Å². The number of nitrogens with zero attached hydrogens (tertiary/aromatic N) is 1. The van der Waals surface area contributed by atoms with E-state index < -0.39 is 0 Å². The van der Waals surface area contributed by atoms with Gasteiger partial charge in [-0.25, -0.2) is 0 Å². The van der Waals surface area contributed by atoms with Crippen LogP contribution in [0.3, 0.4) is 0 Å². The molecule has 1 saturated heterocycles. The summed E-state index contributed by atoms with van der Waals surface area (Å²) in [6.45, 7) is 12.0. The van der Waals surface area contributed by atoms with Crippen LogP contribution in [0.1, 0.15) is 33.6 Å². The van der Waals surface area contributed by atoms with Gasteiger partial charge in [-0.15, -0.1) is 0 Å². The molecule has 1 aliphatic heterocycles. The zero-order chi connectivity index (χ0) is 11.1. The van der Waals surface area contributed by atoms with Crippen molar-refractivity contribution in [2.24, 2.45) is 0 Å². The fourth-order valence-electron chi connectivity index (χ4n) is 1.97. The Labute approximate surface area is 94.2 Å². The summed E-state index contributed by atoms with van der Waals surface area (Å²) in [5.74, 6) is 0. The van der Waals surface area contributed by atoms with Crippen LogP contribution in [0.25, 0.3) is 0 Å². The number of piperidine rings is 1. The predicted octanol–water partition coefficient (Wildman–Crippen LogP) is 1.49. The van der Waals surface area contributed by atoms with Gasteiger partial charge in [0.15, 0.2) is 0 Å². The molecule has 3 nitrogen and oxygen atoms in total. The van der Waals surface area contributed by atoms with E-state index in [-0.39, 0.29) is 0 Å². The Morgan fingerprint density at radius 1 is 1.33 bits per heavy atom. The molecule has 0 atom stereocenters. The van der Waals surface area contributed by atoms with Gasteiger partial charge in [0.1, 0.15) is 0 Å². The van der Waals surface area contributed by atoms with Crippen LogP contribution in [0.15, 0.2) is 0 Å². The Morgan fingerprint density at radius 2 is 2.00 bits per heavy atom. The number of rotatable bonds is 6. The first-order chi connectivity index (χ1) is 7.22. The lowest BCUT2D eigenvalue weighted by Gasteiger charge is -2.31. The maximum absolute atomic E-state index is 5.84. The van der Waals surface area contributed by atoms with Gasteiger partial charge >= 0.3 is 0 Å². The minimum absolute atomic E-state index is 0.502. The Bertz CT molecular complexity index is 154. The van der Waals surface area contributed by atoms with E-state index in [1.54, 1.807) is 0 Å². The quantitative estimate of drug-likeness (QED) is 0.678. The molecule has 90 valence electrons. The predicted molar refractivity (Wildman–Crippen MR) is 64.2 cm³/mol. The molecule has 1 aliphatic rings. The molecule has 1 heterocycles. The summed E-state index contributed by atoms with van der Waals surface area (Å²) in [5, 5.41) is 3.37. The molecule has 0 aromatic heterocycles. The Hall–Kier alpha value is -0.120. The molecule has 0 aliphatic carbocycles. The molecule has 0 aromatic rings. The highest BCUT2D eigenvalue weighted by Gasteiger charge is 2.17. The molecule has 15 heavy (non-hydrogen) atoms. The third-order valence-corrected chi connectivity index (χ3v) is 2.99. The maximum Gasteiger partial charge on any atom is 0.0600 e. The minimum atomic E-state index is 0.502. The molecule has 1 fully saturated rings. The smallest absolute Gasteiger partial charge is 0.0600 e. The average Bonchev–Trinajstić information content (AvgIpc) is 2.25. The van der Waals surface area contributed by atoms with Crippen LogP contribution >= 0.6 is 0 Å². The third-order valence-electron chi connectivity index (χ3n) is 2.99. The Kier molecular flexibility index (Phi) is 6.22. The van der Waals surface area contributed by atoms with E-state index in [2.05, 4.69) is 31.0 Å². The fourth-order valence-corrected chi connectivity index (χ4v) is 1.97.